The van der Waals surface area contributed by atoms with E-state index in [1.54, 1.807) is 42.5 Å². The molecule has 200 valence electrons. The molecule has 38 heavy (non-hydrogen) atoms. The summed E-state index contributed by atoms with van der Waals surface area (Å²) in [4.78, 5) is 24.8. The normalized spacial score (nSPS) is 10.9. The lowest BCUT2D eigenvalue weighted by atomic mass is 10.1. The summed E-state index contributed by atoms with van der Waals surface area (Å²) in [5.74, 6) is 0.0879. The number of carbonyl (C=O) groups excluding carboxylic acids is 2. The number of halogens is 3. The Labute approximate surface area is 240 Å². The fourth-order valence-corrected chi connectivity index (χ4v) is 4.28. The number of hydrazone groups is 1. The monoisotopic (exact) mass is 619 g/mol. The average molecular weight is 621 g/mol. The molecule has 0 radical (unpaired) electrons. The fraction of sp³-hybridized carbons (Fsp3) is 0.250. The van der Waals surface area contributed by atoms with Gasteiger partial charge in [-0.2, -0.15) is 5.10 Å². The maximum absolute atomic E-state index is 12.4. The minimum atomic E-state index is -0.385. The Morgan fingerprint density at radius 3 is 2.45 bits per heavy atom. The van der Waals surface area contributed by atoms with Crippen LogP contribution in [0.1, 0.15) is 48.2 Å². The van der Waals surface area contributed by atoms with E-state index in [1.807, 2.05) is 19.1 Å². The summed E-state index contributed by atoms with van der Waals surface area (Å²) in [5, 5.41) is 7.50. The van der Waals surface area contributed by atoms with Crippen LogP contribution in [-0.2, 0) is 11.2 Å². The molecule has 0 aromatic heterocycles. The Bertz CT molecular complexity index is 1300. The molecule has 0 spiro atoms. The van der Waals surface area contributed by atoms with E-state index in [0.29, 0.717) is 49.4 Å². The molecule has 3 aromatic rings. The Morgan fingerprint density at radius 2 is 1.76 bits per heavy atom. The van der Waals surface area contributed by atoms with Gasteiger partial charge in [0.2, 0.25) is 0 Å². The van der Waals surface area contributed by atoms with Crippen molar-refractivity contribution in [2.24, 2.45) is 5.10 Å². The summed E-state index contributed by atoms with van der Waals surface area (Å²) < 4.78 is 12.0. The van der Waals surface area contributed by atoms with E-state index >= 15 is 0 Å². The van der Waals surface area contributed by atoms with Crippen molar-refractivity contribution in [3.8, 4) is 11.5 Å². The number of nitrogens with one attached hydrogen (secondary N) is 2. The number of benzene rings is 3. The molecule has 0 heterocycles. The molecular formula is C28H28BrCl2N3O4. The van der Waals surface area contributed by atoms with Gasteiger partial charge in [-0.25, -0.2) is 5.43 Å². The molecule has 0 aliphatic carbocycles. The third-order valence-corrected chi connectivity index (χ3v) is 6.63. The van der Waals surface area contributed by atoms with Crippen LogP contribution in [0.5, 0.6) is 11.5 Å². The van der Waals surface area contributed by atoms with Crippen molar-refractivity contribution in [2.45, 2.75) is 33.1 Å². The van der Waals surface area contributed by atoms with Gasteiger partial charge in [0.15, 0.2) is 18.1 Å². The first-order valence-electron chi connectivity index (χ1n) is 12.1. The Morgan fingerprint density at radius 1 is 1.00 bits per heavy atom. The zero-order chi connectivity index (χ0) is 27.5. The predicted octanol–water partition coefficient (Wildman–Crippen LogP) is 7.28. The van der Waals surface area contributed by atoms with E-state index < -0.39 is 0 Å². The van der Waals surface area contributed by atoms with Gasteiger partial charge in [0.1, 0.15) is 0 Å². The molecule has 0 saturated heterocycles. The molecule has 0 bridgehead atoms. The van der Waals surface area contributed by atoms with Crippen molar-refractivity contribution < 1.29 is 19.1 Å². The van der Waals surface area contributed by atoms with Crippen molar-refractivity contribution in [3.05, 3.63) is 85.8 Å². The zero-order valence-corrected chi connectivity index (χ0v) is 24.1. The number of hydrogen-bond donors (Lipinski definition) is 2. The highest BCUT2D eigenvalue weighted by Gasteiger charge is 2.14. The van der Waals surface area contributed by atoms with Gasteiger partial charge in [0.25, 0.3) is 11.8 Å². The van der Waals surface area contributed by atoms with Crippen LogP contribution in [-0.4, -0.2) is 31.2 Å². The molecule has 2 amide bonds. The van der Waals surface area contributed by atoms with Gasteiger partial charge in [0.05, 0.1) is 27.3 Å². The van der Waals surface area contributed by atoms with Gasteiger partial charge in [-0.1, -0.05) is 48.7 Å². The molecule has 2 N–H and O–H groups in total. The maximum Gasteiger partial charge on any atom is 0.271 e. The summed E-state index contributed by atoms with van der Waals surface area (Å²) in [6.45, 7) is 4.10. The topological polar surface area (TPSA) is 89.0 Å². The van der Waals surface area contributed by atoms with E-state index in [9.17, 15) is 9.59 Å². The molecule has 10 heteroatoms. The minimum Gasteiger partial charge on any atom is -0.490 e. The Kier molecular flexibility index (Phi) is 11.5. The highest BCUT2D eigenvalue weighted by Crippen LogP contribution is 2.36. The number of carbonyl (C=O) groups is 2. The number of aryl methyl sites for hydroxylation is 1. The SMILES string of the molecule is CCCCc1ccc(C(=O)N/N=C/c2cc(Br)c(OCC(=O)Nc3ccc(Cl)c(Cl)c3)c(OCC)c2)cc1. The predicted molar refractivity (Wildman–Crippen MR) is 156 cm³/mol. The minimum absolute atomic E-state index is 0.264. The largest absolute Gasteiger partial charge is 0.490 e. The third-order valence-electron chi connectivity index (χ3n) is 5.30. The van der Waals surface area contributed by atoms with Gasteiger partial charge >= 0.3 is 0 Å². The number of ether oxygens (including phenoxy) is 2. The highest BCUT2D eigenvalue weighted by atomic mass is 79.9. The first kappa shape index (κ1) is 29.5. The van der Waals surface area contributed by atoms with Crippen molar-refractivity contribution >= 4 is 62.8 Å². The summed E-state index contributed by atoms with van der Waals surface area (Å²) in [6.07, 6.45) is 4.74. The number of anilines is 1. The summed E-state index contributed by atoms with van der Waals surface area (Å²) in [6, 6.07) is 15.8. The van der Waals surface area contributed by atoms with Crippen molar-refractivity contribution in [1.82, 2.24) is 5.43 Å². The fourth-order valence-electron chi connectivity index (χ4n) is 3.41. The van der Waals surface area contributed by atoms with Crippen molar-refractivity contribution in [1.29, 1.82) is 0 Å². The summed E-state index contributed by atoms with van der Waals surface area (Å²) in [5.41, 5.74) is 5.43. The molecule has 3 aromatic carbocycles. The standard InChI is InChI=1S/C28H28BrCl2N3O4/c1-3-5-6-18-7-9-20(10-8-18)28(36)34-32-16-19-13-22(29)27(25(14-19)37-4-2)38-17-26(35)33-21-11-12-23(30)24(31)15-21/h7-16H,3-6,17H2,1-2H3,(H,33,35)(H,34,36)/b32-16+. The second-order valence-corrected chi connectivity index (χ2v) is 9.90. The molecule has 0 fully saturated rings. The van der Waals surface area contributed by atoms with E-state index in [-0.39, 0.29) is 18.4 Å². The van der Waals surface area contributed by atoms with Gasteiger partial charge in [-0.05, 0) is 89.3 Å². The number of nitrogens with zero attached hydrogens (tertiary/aromatic N) is 1. The third kappa shape index (κ3) is 8.75. The smallest absolute Gasteiger partial charge is 0.271 e. The van der Waals surface area contributed by atoms with Gasteiger partial charge in [-0.15, -0.1) is 0 Å². The lowest BCUT2D eigenvalue weighted by molar-refractivity contribution is -0.118. The zero-order valence-electron chi connectivity index (χ0n) is 21.0. The molecule has 0 aliphatic rings. The van der Waals surface area contributed by atoms with Crippen molar-refractivity contribution in [2.75, 3.05) is 18.5 Å². The lowest BCUT2D eigenvalue weighted by Gasteiger charge is -2.14. The van der Waals surface area contributed by atoms with Crippen LogP contribution < -0.4 is 20.2 Å². The van der Waals surface area contributed by atoms with Crippen LogP contribution in [0.2, 0.25) is 10.0 Å². The number of amides is 2. The van der Waals surface area contributed by atoms with Crippen molar-refractivity contribution in [3.63, 3.8) is 0 Å². The number of hydrogen-bond acceptors (Lipinski definition) is 5. The van der Waals surface area contributed by atoms with Crippen LogP contribution in [0.3, 0.4) is 0 Å². The number of rotatable bonds is 12. The van der Waals surface area contributed by atoms with Gasteiger partial charge in [0, 0.05) is 11.3 Å². The second-order valence-electron chi connectivity index (χ2n) is 8.23. The molecule has 0 unspecified atom stereocenters. The molecule has 7 nitrogen and oxygen atoms in total. The van der Waals surface area contributed by atoms with Crippen LogP contribution in [0.15, 0.2) is 64.2 Å². The Balaban J connectivity index is 1.62. The maximum atomic E-state index is 12.4. The molecular weight excluding hydrogens is 593 g/mol. The number of unbranched alkanes of at least 4 members (excludes halogenated alkanes) is 1. The Hall–Kier alpha value is -3.07. The van der Waals surface area contributed by atoms with E-state index in [1.165, 1.54) is 11.8 Å². The molecule has 0 aliphatic heterocycles. The summed E-state index contributed by atoms with van der Waals surface area (Å²) in [7, 11) is 0. The highest BCUT2D eigenvalue weighted by molar-refractivity contribution is 9.10. The van der Waals surface area contributed by atoms with Gasteiger partial charge < -0.3 is 14.8 Å². The van der Waals surface area contributed by atoms with Crippen LogP contribution in [0, 0.1) is 0 Å². The quantitative estimate of drug-likeness (QED) is 0.164. The van der Waals surface area contributed by atoms with Crippen LogP contribution in [0.4, 0.5) is 5.69 Å². The lowest BCUT2D eigenvalue weighted by Crippen LogP contribution is -2.20. The van der Waals surface area contributed by atoms with Crippen LogP contribution >= 0.6 is 39.1 Å². The van der Waals surface area contributed by atoms with E-state index in [0.717, 1.165) is 19.3 Å². The average Bonchev–Trinajstić information content (AvgIpc) is 2.89. The first-order valence-corrected chi connectivity index (χ1v) is 13.6. The van der Waals surface area contributed by atoms with E-state index in [2.05, 4.69) is 38.7 Å². The van der Waals surface area contributed by atoms with Crippen LogP contribution in [0.25, 0.3) is 0 Å². The second kappa shape index (κ2) is 14.8. The van der Waals surface area contributed by atoms with Gasteiger partial charge in [-0.3, -0.25) is 9.59 Å². The first-order chi connectivity index (χ1) is 18.3. The summed E-state index contributed by atoms with van der Waals surface area (Å²) >= 11 is 15.4. The molecule has 3 rings (SSSR count). The van der Waals surface area contributed by atoms with E-state index in [4.69, 9.17) is 32.7 Å². The molecule has 0 saturated carbocycles. The molecule has 0 atom stereocenters.